The molecule has 0 radical (unpaired) electrons. The molecular formula is C20H16ClN5O2S2. The van der Waals surface area contributed by atoms with Gasteiger partial charge in [-0.3, -0.25) is 4.79 Å². The molecule has 152 valence electrons. The number of rotatable bonds is 7. The second kappa shape index (κ2) is 8.33. The summed E-state index contributed by atoms with van der Waals surface area (Å²) >= 11 is 9.23. The SMILES string of the molecule is O=C(CSc1ncnc2ccsc12)N(Cc1nnc(-c2ccccc2Cl)o1)C1CC1. The van der Waals surface area contributed by atoms with Crippen LogP contribution in [0.3, 0.4) is 0 Å². The lowest BCUT2D eigenvalue weighted by Gasteiger charge is -2.20. The van der Waals surface area contributed by atoms with Crippen molar-refractivity contribution in [3.8, 4) is 11.5 Å². The average Bonchev–Trinajstić information content (AvgIpc) is 3.29. The standard InChI is InChI=1S/C20H16ClN5O2S2/c21-14-4-2-1-3-13(14)19-25-24-16(28-19)9-26(12-5-6-12)17(27)10-30-20-18-15(7-8-29-18)22-11-23-20/h1-4,7-8,11-12H,5-6,9-10H2. The topological polar surface area (TPSA) is 85.0 Å². The van der Waals surface area contributed by atoms with E-state index in [4.69, 9.17) is 16.0 Å². The number of thioether (sulfide) groups is 1. The summed E-state index contributed by atoms with van der Waals surface area (Å²) in [6, 6.07) is 9.48. The van der Waals surface area contributed by atoms with Crippen molar-refractivity contribution in [1.82, 2.24) is 25.1 Å². The molecule has 0 unspecified atom stereocenters. The van der Waals surface area contributed by atoms with Gasteiger partial charge in [-0.05, 0) is 36.4 Å². The summed E-state index contributed by atoms with van der Waals surface area (Å²) in [6.07, 6.45) is 3.52. The molecule has 10 heteroatoms. The molecule has 0 aliphatic heterocycles. The van der Waals surface area contributed by atoms with E-state index in [2.05, 4.69) is 20.2 Å². The van der Waals surface area contributed by atoms with E-state index < -0.39 is 0 Å². The van der Waals surface area contributed by atoms with Crippen LogP contribution in [0.1, 0.15) is 18.7 Å². The maximum atomic E-state index is 13.0. The minimum absolute atomic E-state index is 0.0308. The van der Waals surface area contributed by atoms with E-state index in [0.717, 1.165) is 28.1 Å². The Hall–Kier alpha value is -2.49. The van der Waals surface area contributed by atoms with Crippen LogP contribution in [0, 0.1) is 0 Å². The first-order valence-corrected chi connectivity index (χ1v) is 11.6. The Morgan fingerprint density at radius 1 is 1.23 bits per heavy atom. The van der Waals surface area contributed by atoms with Crippen molar-refractivity contribution in [2.24, 2.45) is 0 Å². The van der Waals surface area contributed by atoms with Crippen molar-refractivity contribution in [1.29, 1.82) is 0 Å². The number of amides is 1. The number of hydrogen-bond donors (Lipinski definition) is 0. The number of carbonyl (C=O) groups is 1. The van der Waals surface area contributed by atoms with Crippen LogP contribution >= 0.6 is 34.7 Å². The highest BCUT2D eigenvalue weighted by atomic mass is 35.5. The first-order valence-electron chi connectivity index (χ1n) is 9.37. The summed E-state index contributed by atoms with van der Waals surface area (Å²) < 4.78 is 6.80. The molecule has 0 spiro atoms. The number of thiophene rings is 1. The van der Waals surface area contributed by atoms with Gasteiger partial charge in [-0.2, -0.15) is 0 Å². The predicted molar refractivity (Wildman–Crippen MR) is 116 cm³/mol. The molecule has 4 aromatic rings. The Morgan fingerprint density at radius 3 is 2.93 bits per heavy atom. The third-order valence-corrected chi connectivity index (χ3v) is 7.07. The summed E-state index contributed by atoms with van der Waals surface area (Å²) in [5.41, 5.74) is 1.59. The molecule has 0 bridgehead atoms. The molecule has 5 rings (SSSR count). The zero-order valence-electron chi connectivity index (χ0n) is 15.7. The van der Waals surface area contributed by atoms with Crippen molar-refractivity contribution in [2.75, 3.05) is 5.75 Å². The quantitative estimate of drug-likeness (QED) is 0.294. The zero-order valence-corrected chi connectivity index (χ0v) is 18.1. The van der Waals surface area contributed by atoms with Gasteiger partial charge in [0.1, 0.15) is 11.4 Å². The lowest BCUT2D eigenvalue weighted by atomic mass is 10.2. The van der Waals surface area contributed by atoms with Crippen molar-refractivity contribution in [3.05, 3.63) is 53.0 Å². The molecule has 1 aliphatic rings. The summed E-state index contributed by atoms with van der Waals surface area (Å²) in [6.45, 7) is 0.291. The van der Waals surface area contributed by atoms with Crippen molar-refractivity contribution in [3.63, 3.8) is 0 Å². The molecule has 1 amide bonds. The summed E-state index contributed by atoms with van der Waals surface area (Å²) in [7, 11) is 0. The van der Waals surface area contributed by atoms with E-state index in [1.54, 1.807) is 17.4 Å². The van der Waals surface area contributed by atoms with Crippen LogP contribution in [-0.2, 0) is 11.3 Å². The van der Waals surface area contributed by atoms with Gasteiger partial charge in [0, 0.05) is 6.04 Å². The molecular weight excluding hydrogens is 442 g/mol. The van der Waals surface area contributed by atoms with Gasteiger partial charge in [0.15, 0.2) is 0 Å². The predicted octanol–water partition coefficient (Wildman–Crippen LogP) is 4.68. The van der Waals surface area contributed by atoms with Crippen molar-refractivity contribution < 1.29 is 9.21 Å². The van der Waals surface area contributed by atoms with Gasteiger partial charge in [0.2, 0.25) is 17.7 Å². The molecule has 1 aromatic carbocycles. The van der Waals surface area contributed by atoms with E-state index in [9.17, 15) is 4.79 Å². The third-order valence-electron chi connectivity index (χ3n) is 4.73. The van der Waals surface area contributed by atoms with Crippen LogP contribution in [0.2, 0.25) is 5.02 Å². The molecule has 30 heavy (non-hydrogen) atoms. The van der Waals surface area contributed by atoms with Crippen LogP contribution in [0.25, 0.3) is 21.7 Å². The van der Waals surface area contributed by atoms with Crippen molar-refractivity contribution >= 4 is 50.8 Å². The van der Waals surface area contributed by atoms with E-state index in [1.807, 2.05) is 34.5 Å². The second-order valence-corrected chi connectivity index (χ2v) is 9.12. The number of aromatic nitrogens is 4. The lowest BCUT2D eigenvalue weighted by Crippen LogP contribution is -2.34. The zero-order chi connectivity index (χ0) is 20.5. The molecule has 7 nitrogen and oxygen atoms in total. The Bertz CT molecular complexity index is 1210. The maximum absolute atomic E-state index is 13.0. The molecule has 1 saturated carbocycles. The maximum Gasteiger partial charge on any atom is 0.249 e. The summed E-state index contributed by atoms with van der Waals surface area (Å²) in [5.74, 6) is 1.09. The average molecular weight is 458 g/mol. The monoisotopic (exact) mass is 457 g/mol. The fourth-order valence-electron chi connectivity index (χ4n) is 3.10. The third kappa shape index (κ3) is 4.05. The Labute approximate surface area is 185 Å². The van der Waals surface area contributed by atoms with Gasteiger partial charge in [-0.25, -0.2) is 9.97 Å². The van der Waals surface area contributed by atoms with Gasteiger partial charge >= 0.3 is 0 Å². The van der Waals surface area contributed by atoms with E-state index in [1.165, 1.54) is 18.1 Å². The van der Waals surface area contributed by atoms with Gasteiger partial charge in [0.25, 0.3) is 0 Å². The normalized spacial score (nSPS) is 13.6. The number of carbonyl (C=O) groups excluding carboxylic acids is 1. The highest BCUT2D eigenvalue weighted by Crippen LogP contribution is 2.32. The van der Waals surface area contributed by atoms with Crippen LogP contribution in [0.4, 0.5) is 0 Å². The van der Waals surface area contributed by atoms with Gasteiger partial charge in [-0.15, -0.1) is 21.5 Å². The number of fused-ring (bicyclic) bond motifs is 1. The lowest BCUT2D eigenvalue weighted by molar-refractivity contribution is -0.129. The Kier molecular flexibility index (Phi) is 5.41. The van der Waals surface area contributed by atoms with E-state index >= 15 is 0 Å². The molecule has 0 N–H and O–H groups in total. The smallest absolute Gasteiger partial charge is 0.249 e. The van der Waals surface area contributed by atoms with Crippen LogP contribution in [-0.4, -0.2) is 42.8 Å². The summed E-state index contributed by atoms with van der Waals surface area (Å²) in [5, 5.41) is 11.6. The van der Waals surface area contributed by atoms with Crippen molar-refractivity contribution in [2.45, 2.75) is 30.5 Å². The number of hydrogen-bond acceptors (Lipinski definition) is 8. The molecule has 1 fully saturated rings. The molecule has 3 heterocycles. The minimum atomic E-state index is 0.0308. The highest BCUT2D eigenvalue weighted by Gasteiger charge is 2.33. The Morgan fingerprint density at radius 2 is 2.10 bits per heavy atom. The Balaban J connectivity index is 1.28. The molecule has 0 saturated heterocycles. The van der Waals surface area contributed by atoms with Crippen LogP contribution in [0.15, 0.2) is 51.5 Å². The number of nitrogens with zero attached hydrogens (tertiary/aromatic N) is 5. The minimum Gasteiger partial charge on any atom is -0.419 e. The first-order chi connectivity index (χ1) is 14.7. The largest absolute Gasteiger partial charge is 0.419 e. The molecule has 0 atom stereocenters. The fraction of sp³-hybridized carbons (Fsp3) is 0.250. The number of benzene rings is 1. The van der Waals surface area contributed by atoms with Gasteiger partial charge in [-0.1, -0.05) is 35.5 Å². The number of halogens is 1. The molecule has 3 aromatic heterocycles. The van der Waals surface area contributed by atoms with E-state index in [0.29, 0.717) is 34.7 Å². The second-order valence-electron chi connectivity index (χ2n) is 6.84. The van der Waals surface area contributed by atoms with Gasteiger partial charge < -0.3 is 9.32 Å². The first kappa shape index (κ1) is 19.5. The van der Waals surface area contributed by atoms with Gasteiger partial charge in [0.05, 0.1) is 33.1 Å². The molecule has 1 aliphatic carbocycles. The van der Waals surface area contributed by atoms with E-state index in [-0.39, 0.29) is 11.9 Å². The van der Waals surface area contributed by atoms with Crippen LogP contribution < -0.4 is 0 Å². The highest BCUT2D eigenvalue weighted by molar-refractivity contribution is 8.00. The summed E-state index contributed by atoms with van der Waals surface area (Å²) in [4.78, 5) is 23.4. The van der Waals surface area contributed by atoms with Crippen LogP contribution in [0.5, 0.6) is 0 Å². The fourth-order valence-corrected chi connectivity index (χ4v) is 5.15.